The first kappa shape index (κ1) is 11.2. The van der Waals surface area contributed by atoms with Gasteiger partial charge in [0.25, 0.3) is 0 Å². The Kier molecular flexibility index (Phi) is 3.26. The van der Waals surface area contributed by atoms with Crippen molar-refractivity contribution in [2.75, 3.05) is 5.73 Å². The number of nitrogens with zero attached hydrogens (tertiary/aromatic N) is 2. The van der Waals surface area contributed by atoms with Crippen molar-refractivity contribution >= 4 is 33.3 Å². The Bertz CT molecular complexity index is 521. The number of hydrogen-bond donors (Lipinski definition) is 1. The van der Waals surface area contributed by atoms with E-state index in [0.29, 0.717) is 22.5 Å². The van der Waals surface area contributed by atoms with E-state index in [0.717, 1.165) is 4.47 Å². The lowest BCUT2D eigenvalue weighted by molar-refractivity contribution is 0.459. The van der Waals surface area contributed by atoms with Gasteiger partial charge < -0.3 is 10.5 Å². The minimum Gasteiger partial charge on any atom is -0.438 e. The smallest absolute Gasteiger partial charge is 0.224 e. The molecule has 4 nitrogen and oxygen atoms in total. The van der Waals surface area contributed by atoms with Gasteiger partial charge in [0.1, 0.15) is 17.9 Å². The molecular formula is C10H7BrClN3O. The van der Waals surface area contributed by atoms with Crippen LogP contribution >= 0.6 is 27.5 Å². The van der Waals surface area contributed by atoms with E-state index in [1.54, 1.807) is 24.3 Å². The van der Waals surface area contributed by atoms with Crippen molar-refractivity contribution in [3.63, 3.8) is 0 Å². The first-order chi connectivity index (χ1) is 7.65. The number of nitrogens with two attached hydrogens (primary N) is 1. The lowest BCUT2D eigenvalue weighted by Gasteiger charge is -2.06. The van der Waals surface area contributed by atoms with Crippen LogP contribution in [0.5, 0.6) is 11.6 Å². The Morgan fingerprint density at radius 3 is 2.75 bits per heavy atom. The topological polar surface area (TPSA) is 61.0 Å². The molecule has 2 rings (SSSR count). The molecule has 1 heterocycles. The molecule has 0 saturated heterocycles. The molecule has 0 aliphatic rings. The second-order valence-electron chi connectivity index (χ2n) is 2.96. The molecule has 2 aromatic rings. The van der Waals surface area contributed by atoms with Crippen LogP contribution in [0.4, 0.5) is 5.82 Å². The van der Waals surface area contributed by atoms with Crippen LogP contribution in [0.3, 0.4) is 0 Å². The highest BCUT2D eigenvalue weighted by molar-refractivity contribution is 9.10. The highest BCUT2D eigenvalue weighted by Crippen LogP contribution is 2.31. The van der Waals surface area contributed by atoms with Gasteiger partial charge in [-0.15, -0.1) is 0 Å². The number of ether oxygens (including phenoxy) is 1. The average Bonchev–Trinajstić information content (AvgIpc) is 2.22. The Balaban J connectivity index is 2.27. The quantitative estimate of drug-likeness (QED) is 0.924. The summed E-state index contributed by atoms with van der Waals surface area (Å²) in [6, 6.07) is 6.75. The SMILES string of the molecule is Nc1cc(Oc2ccc(Cl)cc2Br)ncn1. The van der Waals surface area contributed by atoms with E-state index < -0.39 is 0 Å². The Labute approximate surface area is 106 Å². The molecule has 1 aromatic carbocycles. The summed E-state index contributed by atoms with van der Waals surface area (Å²) >= 11 is 9.15. The molecule has 0 saturated carbocycles. The molecule has 1 aromatic heterocycles. The van der Waals surface area contributed by atoms with Crippen molar-refractivity contribution in [3.8, 4) is 11.6 Å². The Morgan fingerprint density at radius 2 is 2.06 bits per heavy atom. The molecule has 0 radical (unpaired) electrons. The van der Waals surface area contributed by atoms with Gasteiger partial charge in [0.05, 0.1) is 4.47 Å². The van der Waals surface area contributed by atoms with Gasteiger partial charge in [-0.1, -0.05) is 11.6 Å². The van der Waals surface area contributed by atoms with Crippen LogP contribution < -0.4 is 10.5 Å². The maximum absolute atomic E-state index is 5.81. The average molecular weight is 301 g/mol. The van der Waals surface area contributed by atoms with Gasteiger partial charge in [-0.3, -0.25) is 0 Å². The number of anilines is 1. The lowest BCUT2D eigenvalue weighted by Crippen LogP contribution is -1.94. The van der Waals surface area contributed by atoms with Crippen LogP contribution in [0.2, 0.25) is 5.02 Å². The summed E-state index contributed by atoms with van der Waals surface area (Å²) in [5, 5.41) is 0.626. The lowest BCUT2D eigenvalue weighted by atomic mass is 10.3. The molecule has 16 heavy (non-hydrogen) atoms. The summed E-state index contributed by atoms with van der Waals surface area (Å²) in [5.74, 6) is 1.35. The standard InChI is InChI=1S/C10H7BrClN3O/c11-7-3-6(12)1-2-8(7)16-10-4-9(13)14-5-15-10/h1-5H,(H2,13,14,15). The van der Waals surface area contributed by atoms with Gasteiger partial charge in [-0.2, -0.15) is 0 Å². The second kappa shape index (κ2) is 4.67. The van der Waals surface area contributed by atoms with Crippen LogP contribution in [0.15, 0.2) is 35.1 Å². The molecule has 0 amide bonds. The Hall–Kier alpha value is -1.33. The van der Waals surface area contributed by atoms with Crippen molar-refractivity contribution < 1.29 is 4.74 Å². The van der Waals surface area contributed by atoms with Crippen LogP contribution in [0.1, 0.15) is 0 Å². The highest BCUT2D eigenvalue weighted by atomic mass is 79.9. The molecule has 0 aliphatic carbocycles. The molecule has 0 aliphatic heterocycles. The number of hydrogen-bond acceptors (Lipinski definition) is 4. The van der Waals surface area contributed by atoms with Gasteiger partial charge in [0, 0.05) is 11.1 Å². The van der Waals surface area contributed by atoms with Gasteiger partial charge in [-0.05, 0) is 34.1 Å². The van der Waals surface area contributed by atoms with Crippen molar-refractivity contribution in [2.45, 2.75) is 0 Å². The van der Waals surface area contributed by atoms with Gasteiger partial charge in [0.15, 0.2) is 0 Å². The first-order valence-electron chi connectivity index (χ1n) is 4.35. The number of aromatic nitrogens is 2. The van der Waals surface area contributed by atoms with Crippen molar-refractivity contribution in [1.82, 2.24) is 9.97 Å². The second-order valence-corrected chi connectivity index (χ2v) is 4.25. The van der Waals surface area contributed by atoms with E-state index >= 15 is 0 Å². The monoisotopic (exact) mass is 299 g/mol. The number of benzene rings is 1. The number of rotatable bonds is 2. The predicted octanol–water partition coefficient (Wildman–Crippen LogP) is 3.27. The van der Waals surface area contributed by atoms with E-state index in [1.165, 1.54) is 6.33 Å². The summed E-state index contributed by atoms with van der Waals surface area (Å²) < 4.78 is 6.26. The minimum atomic E-state index is 0.357. The summed E-state index contributed by atoms with van der Waals surface area (Å²) in [7, 11) is 0. The zero-order chi connectivity index (χ0) is 11.5. The summed E-state index contributed by atoms with van der Waals surface area (Å²) in [6.07, 6.45) is 1.34. The molecule has 0 atom stereocenters. The third-order valence-corrected chi connectivity index (χ3v) is 2.63. The summed E-state index contributed by atoms with van der Waals surface area (Å²) in [6.45, 7) is 0. The van der Waals surface area contributed by atoms with Crippen LogP contribution in [-0.4, -0.2) is 9.97 Å². The molecule has 0 unspecified atom stereocenters. The van der Waals surface area contributed by atoms with Gasteiger partial charge in [0.2, 0.25) is 5.88 Å². The number of halogens is 2. The maximum atomic E-state index is 5.81. The summed E-state index contributed by atoms with van der Waals surface area (Å²) in [5.41, 5.74) is 5.51. The molecule has 6 heteroatoms. The molecule has 82 valence electrons. The van der Waals surface area contributed by atoms with E-state index in [4.69, 9.17) is 22.1 Å². The normalized spacial score (nSPS) is 10.1. The maximum Gasteiger partial charge on any atom is 0.224 e. The van der Waals surface area contributed by atoms with Crippen LogP contribution in [0, 0.1) is 0 Å². The van der Waals surface area contributed by atoms with Gasteiger partial charge >= 0.3 is 0 Å². The fourth-order valence-electron chi connectivity index (χ4n) is 1.08. The molecule has 0 spiro atoms. The fraction of sp³-hybridized carbons (Fsp3) is 0. The Morgan fingerprint density at radius 1 is 1.25 bits per heavy atom. The molecular weight excluding hydrogens is 293 g/mol. The zero-order valence-electron chi connectivity index (χ0n) is 8.02. The van der Waals surface area contributed by atoms with E-state index in [2.05, 4.69) is 25.9 Å². The largest absolute Gasteiger partial charge is 0.438 e. The fourth-order valence-corrected chi connectivity index (χ4v) is 1.84. The third kappa shape index (κ3) is 2.62. The van der Waals surface area contributed by atoms with Crippen molar-refractivity contribution in [2.24, 2.45) is 0 Å². The molecule has 2 N–H and O–H groups in total. The molecule has 0 bridgehead atoms. The summed E-state index contributed by atoms with van der Waals surface area (Å²) in [4.78, 5) is 7.70. The van der Waals surface area contributed by atoms with E-state index in [1.807, 2.05) is 0 Å². The zero-order valence-corrected chi connectivity index (χ0v) is 10.4. The molecule has 0 fully saturated rings. The predicted molar refractivity (Wildman–Crippen MR) is 65.7 cm³/mol. The number of nitrogen functional groups attached to an aromatic ring is 1. The highest BCUT2D eigenvalue weighted by Gasteiger charge is 2.04. The third-order valence-electron chi connectivity index (χ3n) is 1.77. The van der Waals surface area contributed by atoms with E-state index in [-0.39, 0.29) is 0 Å². The van der Waals surface area contributed by atoms with Gasteiger partial charge in [-0.25, -0.2) is 9.97 Å². The van der Waals surface area contributed by atoms with Crippen LogP contribution in [-0.2, 0) is 0 Å². The van der Waals surface area contributed by atoms with E-state index in [9.17, 15) is 0 Å². The van der Waals surface area contributed by atoms with Crippen molar-refractivity contribution in [3.05, 3.63) is 40.1 Å². The van der Waals surface area contributed by atoms with Crippen LogP contribution in [0.25, 0.3) is 0 Å². The minimum absolute atomic E-state index is 0.357. The van der Waals surface area contributed by atoms with Crippen molar-refractivity contribution in [1.29, 1.82) is 0 Å². The first-order valence-corrected chi connectivity index (χ1v) is 5.52.